The zero-order valence-corrected chi connectivity index (χ0v) is 15.0. The number of aromatic nitrogens is 1. The van der Waals surface area contributed by atoms with Crippen LogP contribution >= 0.6 is 0 Å². The molecule has 134 valence electrons. The third-order valence-electron chi connectivity index (χ3n) is 4.45. The molecule has 0 N–H and O–H groups in total. The number of amides is 1. The molecule has 3 rings (SSSR count). The van der Waals surface area contributed by atoms with Gasteiger partial charge in [-0.1, -0.05) is 48.5 Å². The van der Waals surface area contributed by atoms with Gasteiger partial charge in [0.2, 0.25) is 5.91 Å². The number of ether oxygens (including phenoxy) is 1. The first-order chi connectivity index (χ1) is 12.6. The molecule has 1 aromatic heterocycles. The zero-order valence-electron chi connectivity index (χ0n) is 15.0. The number of hydrogen-bond donors (Lipinski definition) is 0. The van der Waals surface area contributed by atoms with Gasteiger partial charge in [0, 0.05) is 30.2 Å². The highest BCUT2D eigenvalue weighted by Gasteiger charge is 2.18. The molecule has 0 atom stereocenters. The van der Waals surface area contributed by atoms with E-state index in [-0.39, 0.29) is 12.5 Å². The number of likely N-dealkylation sites (N-methyl/N-ethyl adjacent to an activating group) is 1. The minimum Gasteiger partial charge on any atom is -0.465 e. The van der Waals surface area contributed by atoms with Crippen molar-refractivity contribution < 1.29 is 14.3 Å². The van der Waals surface area contributed by atoms with Gasteiger partial charge in [-0.15, -0.1) is 0 Å². The average molecular weight is 350 g/mol. The monoisotopic (exact) mass is 350 g/mol. The van der Waals surface area contributed by atoms with Crippen LogP contribution in [0.15, 0.2) is 60.8 Å². The molecule has 0 fully saturated rings. The summed E-state index contributed by atoms with van der Waals surface area (Å²) >= 11 is 0. The Hall–Kier alpha value is -3.08. The summed E-state index contributed by atoms with van der Waals surface area (Å²) in [6.45, 7) is 3.34. The van der Waals surface area contributed by atoms with E-state index in [0.29, 0.717) is 18.7 Å². The van der Waals surface area contributed by atoms with Crippen molar-refractivity contribution in [1.29, 1.82) is 0 Å². The van der Waals surface area contributed by atoms with E-state index < -0.39 is 5.97 Å². The zero-order chi connectivity index (χ0) is 18.5. The molecule has 26 heavy (non-hydrogen) atoms. The van der Waals surface area contributed by atoms with E-state index in [1.807, 2.05) is 71.0 Å². The maximum atomic E-state index is 12.8. The maximum Gasteiger partial charge on any atom is 0.340 e. The molecule has 0 spiro atoms. The molecule has 0 bridgehead atoms. The number of nitrogens with zero attached hydrogens (tertiary/aromatic N) is 2. The second-order valence-corrected chi connectivity index (χ2v) is 6.07. The van der Waals surface area contributed by atoms with E-state index in [4.69, 9.17) is 4.74 Å². The van der Waals surface area contributed by atoms with E-state index in [0.717, 1.165) is 16.5 Å². The summed E-state index contributed by atoms with van der Waals surface area (Å²) in [7, 11) is 1.36. The Labute approximate surface area is 152 Å². The molecule has 3 aromatic rings. The summed E-state index contributed by atoms with van der Waals surface area (Å²) in [5.41, 5.74) is 2.41. The van der Waals surface area contributed by atoms with Gasteiger partial charge in [-0.2, -0.15) is 0 Å². The van der Waals surface area contributed by atoms with Gasteiger partial charge in [0.1, 0.15) is 6.54 Å². The van der Waals surface area contributed by atoms with Crippen LogP contribution in [0.4, 0.5) is 0 Å². The standard InChI is InChI=1S/C21H22N2O3/c1-3-22(13-16-9-5-4-6-10-16)20(24)15-23-14-18(21(25)26-2)17-11-7-8-12-19(17)23/h4-12,14H,3,13,15H2,1-2H3. The predicted octanol–water partition coefficient (Wildman–Crippen LogP) is 3.48. The lowest BCUT2D eigenvalue weighted by atomic mass is 10.2. The first kappa shape index (κ1) is 17.7. The lowest BCUT2D eigenvalue weighted by Gasteiger charge is -2.21. The van der Waals surface area contributed by atoms with E-state index in [9.17, 15) is 9.59 Å². The molecule has 1 heterocycles. The Balaban J connectivity index is 1.85. The summed E-state index contributed by atoms with van der Waals surface area (Å²) < 4.78 is 6.68. The van der Waals surface area contributed by atoms with Gasteiger partial charge < -0.3 is 14.2 Å². The summed E-state index contributed by atoms with van der Waals surface area (Å²) in [4.78, 5) is 26.7. The quantitative estimate of drug-likeness (QED) is 0.640. The van der Waals surface area contributed by atoms with Crippen LogP contribution in [-0.4, -0.2) is 35.0 Å². The van der Waals surface area contributed by atoms with Crippen LogP contribution in [0.3, 0.4) is 0 Å². The number of esters is 1. The number of rotatable bonds is 6. The number of benzene rings is 2. The Bertz CT molecular complexity index is 915. The van der Waals surface area contributed by atoms with Crippen molar-refractivity contribution in [2.45, 2.75) is 20.0 Å². The van der Waals surface area contributed by atoms with Gasteiger partial charge in [-0.05, 0) is 18.6 Å². The Morgan fingerprint density at radius 3 is 2.42 bits per heavy atom. The van der Waals surface area contributed by atoms with Crippen molar-refractivity contribution in [3.8, 4) is 0 Å². The number of methoxy groups -OCH3 is 1. The second-order valence-electron chi connectivity index (χ2n) is 6.07. The van der Waals surface area contributed by atoms with Gasteiger partial charge in [-0.3, -0.25) is 4.79 Å². The van der Waals surface area contributed by atoms with Crippen LogP contribution in [0.5, 0.6) is 0 Å². The third-order valence-corrected chi connectivity index (χ3v) is 4.45. The first-order valence-electron chi connectivity index (χ1n) is 8.62. The molecule has 0 saturated heterocycles. The molecule has 0 unspecified atom stereocenters. The lowest BCUT2D eigenvalue weighted by Crippen LogP contribution is -2.33. The van der Waals surface area contributed by atoms with Crippen molar-refractivity contribution in [3.63, 3.8) is 0 Å². The van der Waals surface area contributed by atoms with Crippen LogP contribution < -0.4 is 0 Å². The Morgan fingerprint density at radius 2 is 1.73 bits per heavy atom. The number of carbonyl (C=O) groups excluding carboxylic acids is 2. The topological polar surface area (TPSA) is 51.5 Å². The van der Waals surface area contributed by atoms with Gasteiger partial charge in [0.25, 0.3) is 0 Å². The van der Waals surface area contributed by atoms with Crippen molar-refractivity contribution in [2.24, 2.45) is 0 Å². The normalized spacial score (nSPS) is 10.7. The minimum atomic E-state index is -0.399. The molecule has 0 saturated carbocycles. The molecule has 1 amide bonds. The fraction of sp³-hybridized carbons (Fsp3) is 0.238. The van der Waals surface area contributed by atoms with Crippen LogP contribution in [0.2, 0.25) is 0 Å². The summed E-state index contributed by atoms with van der Waals surface area (Å²) in [6, 6.07) is 17.5. The summed E-state index contributed by atoms with van der Waals surface area (Å²) in [5.74, 6) is -0.391. The first-order valence-corrected chi connectivity index (χ1v) is 8.62. The Morgan fingerprint density at radius 1 is 1.04 bits per heavy atom. The average Bonchev–Trinajstić information content (AvgIpc) is 3.05. The van der Waals surface area contributed by atoms with Crippen molar-refractivity contribution in [2.75, 3.05) is 13.7 Å². The van der Waals surface area contributed by atoms with Crippen LogP contribution in [0.25, 0.3) is 10.9 Å². The van der Waals surface area contributed by atoms with E-state index in [2.05, 4.69) is 0 Å². The molecular weight excluding hydrogens is 328 g/mol. The van der Waals surface area contributed by atoms with Crippen LogP contribution in [-0.2, 0) is 22.6 Å². The molecule has 5 heteroatoms. The molecule has 0 aliphatic heterocycles. The molecule has 0 radical (unpaired) electrons. The highest BCUT2D eigenvalue weighted by atomic mass is 16.5. The Kier molecular flexibility index (Phi) is 5.37. The number of para-hydroxylation sites is 1. The van der Waals surface area contributed by atoms with Crippen molar-refractivity contribution in [3.05, 3.63) is 71.9 Å². The third kappa shape index (κ3) is 3.61. The second kappa shape index (κ2) is 7.87. The van der Waals surface area contributed by atoms with Gasteiger partial charge in [-0.25, -0.2) is 4.79 Å². The number of hydrogen-bond acceptors (Lipinski definition) is 3. The van der Waals surface area contributed by atoms with Crippen LogP contribution in [0, 0.1) is 0 Å². The molecular formula is C21H22N2O3. The predicted molar refractivity (Wildman–Crippen MR) is 101 cm³/mol. The minimum absolute atomic E-state index is 0.00789. The summed E-state index contributed by atoms with van der Waals surface area (Å²) in [5, 5.41) is 0.790. The van der Waals surface area contributed by atoms with Gasteiger partial charge >= 0.3 is 5.97 Å². The molecule has 2 aromatic carbocycles. The largest absolute Gasteiger partial charge is 0.465 e. The fourth-order valence-corrected chi connectivity index (χ4v) is 3.08. The van der Waals surface area contributed by atoms with Gasteiger partial charge in [0.15, 0.2) is 0 Å². The highest BCUT2D eigenvalue weighted by molar-refractivity contribution is 6.04. The van der Waals surface area contributed by atoms with E-state index in [1.54, 1.807) is 6.20 Å². The smallest absolute Gasteiger partial charge is 0.340 e. The fourth-order valence-electron chi connectivity index (χ4n) is 3.08. The van der Waals surface area contributed by atoms with Crippen molar-refractivity contribution >= 4 is 22.8 Å². The SMILES string of the molecule is CCN(Cc1ccccc1)C(=O)Cn1cc(C(=O)OC)c2ccccc21. The molecule has 0 aliphatic rings. The lowest BCUT2D eigenvalue weighted by molar-refractivity contribution is -0.132. The van der Waals surface area contributed by atoms with Crippen LogP contribution in [0.1, 0.15) is 22.8 Å². The van der Waals surface area contributed by atoms with Gasteiger partial charge in [0.05, 0.1) is 12.7 Å². The highest BCUT2D eigenvalue weighted by Crippen LogP contribution is 2.22. The van der Waals surface area contributed by atoms with E-state index in [1.165, 1.54) is 7.11 Å². The van der Waals surface area contributed by atoms with E-state index >= 15 is 0 Å². The summed E-state index contributed by atoms with van der Waals surface area (Å²) in [6.07, 6.45) is 1.70. The molecule has 0 aliphatic carbocycles. The molecule has 5 nitrogen and oxygen atoms in total. The number of fused-ring (bicyclic) bond motifs is 1. The maximum absolute atomic E-state index is 12.8. The van der Waals surface area contributed by atoms with Crippen molar-refractivity contribution in [1.82, 2.24) is 9.47 Å². The number of carbonyl (C=O) groups is 2.